The molecular weight excluding hydrogens is 727 g/mol. The maximum Gasteiger partial charge on any atom is 0.252 e. The molecule has 278 valence electrons. The van der Waals surface area contributed by atoms with Gasteiger partial charge in [0.15, 0.2) is 0 Å². The Morgan fingerprint density at radius 1 is 0.333 bits per heavy atom. The average Bonchev–Trinajstić information content (AvgIpc) is 3.71. The predicted molar refractivity (Wildman–Crippen MR) is 254 cm³/mol. The van der Waals surface area contributed by atoms with Gasteiger partial charge in [-0.15, -0.1) is 0 Å². The molecule has 3 nitrogen and oxygen atoms in total. The fraction of sp³-hybridized carbons (Fsp3) is 0. The molecule has 3 heterocycles. The summed E-state index contributed by atoms with van der Waals surface area (Å²) in [6.07, 6.45) is 0. The summed E-state index contributed by atoms with van der Waals surface area (Å²) in [5, 5.41) is 7.10. The molecule has 2 aliphatic rings. The second-order valence-corrected chi connectivity index (χ2v) is 15.9. The number of hydrogen-bond donors (Lipinski definition) is 0. The number of anilines is 6. The van der Waals surface area contributed by atoms with Crippen molar-refractivity contribution in [3.63, 3.8) is 0 Å². The van der Waals surface area contributed by atoms with E-state index in [1.165, 1.54) is 66.2 Å². The first-order valence-electron chi connectivity index (χ1n) is 20.7. The van der Waals surface area contributed by atoms with Crippen LogP contribution in [0.2, 0.25) is 0 Å². The molecule has 0 atom stereocenters. The Kier molecular flexibility index (Phi) is 7.10. The molecule has 13 rings (SSSR count). The third-order valence-corrected chi connectivity index (χ3v) is 12.8. The van der Waals surface area contributed by atoms with Gasteiger partial charge >= 0.3 is 0 Å². The van der Waals surface area contributed by atoms with Crippen LogP contribution in [0.1, 0.15) is 0 Å². The SMILES string of the molecule is c1ccc(N2c3ccccc3B3c4ccccc4N(c4ccccc4-c4cccc5c4oc4c(-c6c7ccccc7cc7ccccc67)cccc45)c4cccc2c43)cc1. The van der Waals surface area contributed by atoms with Gasteiger partial charge in [-0.2, -0.15) is 0 Å². The van der Waals surface area contributed by atoms with E-state index in [0.717, 1.165) is 50.0 Å². The molecule has 0 bridgehead atoms. The van der Waals surface area contributed by atoms with Crippen molar-refractivity contribution in [2.75, 3.05) is 9.80 Å². The number of benzene rings is 10. The molecule has 10 aromatic carbocycles. The van der Waals surface area contributed by atoms with Gasteiger partial charge in [0.25, 0.3) is 6.71 Å². The Morgan fingerprint density at radius 2 is 0.800 bits per heavy atom. The van der Waals surface area contributed by atoms with E-state index in [-0.39, 0.29) is 6.71 Å². The Labute approximate surface area is 348 Å². The van der Waals surface area contributed by atoms with Gasteiger partial charge in [-0.1, -0.05) is 164 Å². The van der Waals surface area contributed by atoms with Crippen LogP contribution in [0.5, 0.6) is 0 Å². The summed E-state index contributed by atoms with van der Waals surface area (Å²) >= 11 is 0. The first-order valence-corrected chi connectivity index (χ1v) is 20.7. The van der Waals surface area contributed by atoms with Crippen LogP contribution in [0, 0.1) is 0 Å². The molecule has 0 spiro atoms. The highest BCUT2D eigenvalue weighted by atomic mass is 16.3. The van der Waals surface area contributed by atoms with E-state index in [1.807, 2.05) is 0 Å². The van der Waals surface area contributed by atoms with Crippen LogP contribution in [0.15, 0.2) is 217 Å². The summed E-state index contributed by atoms with van der Waals surface area (Å²) in [5.74, 6) is 0. The molecule has 11 aromatic rings. The van der Waals surface area contributed by atoms with Crippen LogP contribution < -0.4 is 26.2 Å². The van der Waals surface area contributed by atoms with Crippen LogP contribution in [0.25, 0.3) is 65.7 Å². The summed E-state index contributed by atoms with van der Waals surface area (Å²) < 4.78 is 7.24. The Balaban J connectivity index is 1.05. The molecule has 0 saturated carbocycles. The summed E-state index contributed by atoms with van der Waals surface area (Å²) in [4.78, 5) is 4.93. The zero-order valence-electron chi connectivity index (χ0n) is 32.6. The number of fused-ring (bicyclic) bond motifs is 9. The van der Waals surface area contributed by atoms with Crippen molar-refractivity contribution < 1.29 is 4.42 Å². The minimum atomic E-state index is 0.0781. The van der Waals surface area contributed by atoms with Gasteiger partial charge < -0.3 is 14.2 Å². The molecular formula is C56H35BN2O. The maximum absolute atomic E-state index is 7.24. The molecule has 0 saturated heterocycles. The normalized spacial score (nSPS) is 12.9. The fourth-order valence-electron chi connectivity index (χ4n) is 10.4. The van der Waals surface area contributed by atoms with E-state index in [2.05, 4.69) is 222 Å². The van der Waals surface area contributed by atoms with E-state index in [9.17, 15) is 0 Å². The lowest BCUT2D eigenvalue weighted by Crippen LogP contribution is -2.61. The number of nitrogens with zero attached hydrogens (tertiary/aromatic N) is 2. The van der Waals surface area contributed by atoms with Crippen molar-refractivity contribution in [2.24, 2.45) is 0 Å². The zero-order chi connectivity index (χ0) is 39.3. The van der Waals surface area contributed by atoms with Crippen LogP contribution in [-0.2, 0) is 0 Å². The third kappa shape index (κ3) is 4.67. The zero-order valence-corrected chi connectivity index (χ0v) is 32.6. The monoisotopic (exact) mass is 762 g/mol. The molecule has 0 unspecified atom stereocenters. The van der Waals surface area contributed by atoms with Gasteiger partial charge in [-0.3, -0.25) is 0 Å². The average molecular weight is 763 g/mol. The highest BCUT2D eigenvalue weighted by molar-refractivity contribution is 7.00. The topological polar surface area (TPSA) is 19.6 Å². The minimum absolute atomic E-state index is 0.0781. The predicted octanol–water partition coefficient (Wildman–Crippen LogP) is 13.3. The molecule has 1 aromatic heterocycles. The Hall–Kier alpha value is -7.82. The number of hydrogen-bond acceptors (Lipinski definition) is 3. The van der Waals surface area contributed by atoms with E-state index < -0.39 is 0 Å². The minimum Gasteiger partial charge on any atom is -0.455 e. The van der Waals surface area contributed by atoms with Crippen LogP contribution in [-0.4, -0.2) is 6.71 Å². The van der Waals surface area contributed by atoms with Crippen molar-refractivity contribution in [2.45, 2.75) is 0 Å². The summed E-state index contributed by atoms with van der Waals surface area (Å²) in [6, 6.07) is 77.3. The van der Waals surface area contributed by atoms with E-state index in [1.54, 1.807) is 0 Å². The second-order valence-electron chi connectivity index (χ2n) is 15.9. The second kappa shape index (κ2) is 12.8. The van der Waals surface area contributed by atoms with Gasteiger partial charge in [-0.25, -0.2) is 0 Å². The number of rotatable bonds is 4. The molecule has 0 aliphatic carbocycles. The smallest absolute Gasteiger partial charge is 0.252 e. The molecule has 4 heteroatoms. The molecule has 0 radical (unpaired) electrons. The molecule has 0 N–H and O–H groups in total. The van der Waals surface area contributed by atoms with Crippen molar-refractivity contribution in [3.05, 3.63) is 212 Å². The fourth-order valence-corrected chi connectivity index (χ4v) is 10.4. The van der Waals surface area contributed by atoms with Crippen LogP contribution >= 0.6 is 0 Å². The van der Waals surface area contributed by atoms with E-state index in [0.29, 0.717) is 0 Å². The standard InChI is InChI=1S/C56H35BN2O/c1-2-19-38(20-3-1)58-49-31-12-9-28-46(49)57-47-29-10-13-32-50(47)59(52-34-16-33-51(58)54(52)57)48-30-11-8-23-41(48)42-24-14-25-43-44-26-15-27-45(56(44)60-55(42)43)53-39-21-6-4-17-36(39)35-37-18-5-7-22-40(37)53/h1-35H. The number of furan rings is 1. The first-order chi connectivity index (χ1) is 29.8. The van der Waals surface area contributed by atoms with Gasteiger partial charge in [0, 0.05) is 61.5 Å². The molecule has 0 fully saturated rings. The van der Waals surface area contributed by atoms with Crippen molar-refractivity contribution in [3.8, 4) is 22.3 Å². The lowest BCUT2D eigenvalue weighted by Gasteiger charge is -2.44. The number of para-hydroxylation sites is 6. The molecule has 60 heavy (non-hydrogen) atoms. The lowest BCUT2D eigenvalue weighted by atomic mass is 9.33. The molecule has 2 aliphatic heterocycles. The van der Waals surface area contributed by atoms with Gasteiger partial charge in [-0.05, 0) is 86.5 Å². The van der Waals surface area contributed by atoms with Crippen molar-refractivity contribution in [1.82, 2.24) is 0 Å². The summed E-state index contributed by atoms with van der Waals surface area (Å²) in [6.45, 7) is 0.0781. The van der Waals surface area contributed by atoms with Crippen molar-refractivity contribution >= 4 is 101 Å². The van der Waals surface area contributed by atoms with Gasteiger partial charge in [0.2, 0.25) is 0 Å². The third-order valence-electron chi connectivity index (χ3n) is 12.8. The van der Waals surface area contributed by atoms with Crippen molar-refractivity contribution in [1.29, 1.82) is 0 Å². The lowest BCUT2D eigenvalue weighted by molar-refractivity contribution is 0.671. The highest BCUT2D eigenvalue weighted by Gasteiger charge is 2.43. The van der Waals surface area contributed by atoms with E-state index >= 15 is 0 Å². The summed E-state index contributed by atoms with van der Waals surface area (Å²) in [5.41, 5.74) is 17.2. The highest BCUT2D eigenvalue weighted by Crippen LogP contribution is 2.49. The first kappa shape index (κ1) is 33.2. The van der Waals surface area contributed by atoms with Gasteiger partial charge in [0.05, 0.1) is 5.69 Å². The van der Waals surface area contributed by atoms with Gasteiger partial charge in [0.1, 0.15) is 11.2 Å². The largest absolute Gasteiger partial charge is 0.455 e. The summed E-state index contributed by atoms with van der Waals surface area (Å²) in [7, 11) is 0. The quantitative estimate of drug-likeness (QED) is 0.131. The maximum atomic E-state index is 7.24. The van der Waals surface area contributed by atoms with Crippen LogP contribution in [0.4, 0.5) is 34.1 Å². The molecule has 0 amide bonds. The van der Waals surface area contributed by atoms with Crippen LogP contribution in [0.3, 0.4) is 0 Å². The Morgan fingerprint density at radius 3 is 1.50 bits per heavy atom. The Bertz CT molecular complexity index is 3480. The van der Waals surface area contributed by atoms with E-state index in [4.69, 9.17) is 4.42 Å².